The van der Waals surface area contributed by atoms with Gasteiger partial charge in [-0.15, -0.1) is 0 Å². The van der Waals surface area contributed by atoms with Crippen molar-refractivity contribution in [3.63, 3.8) is 0 Å². The molecule has 0 saturated heterocycles. The van der Waals surface area contributed by atoms with Gasteiger partial charge in [-0.3, -0.25) is 4.79 Å². The van der Waals surface area contributed by atoms with Gasteiger partial charge in [-0.1, -0.05) is 0 Å². The number of primary amides is 1. The summed E-state index contributed by atoms with van der Waals surface area (Å²) in [4.78, 5) is 10.9. The largest absolute Gasteiger partial charge is 0.396 e. The molecule has 0 aliphatic rings. The van der Waals surface area contributed by atoms with Gasteiger partial charge >= 0.3 is 0 Å². The minimum Gasteiger partial charge on any atom is -0.396 e. The van der Waals surface area contributed by atoms with Crippen LogP contribution in [0.4, 0.5) is 0 Å². The van der Waals surface area contributed by atoms with Crippen LogP contribution in [-0.4, -0.2) is 73.7 Å². The molecule has 4 atom stereocenters. The fourth-order valence-electron chi connectivity index (χ4n) is 1.19. The van der Waals surface area contributed by atoms with Crippen molar-refractivity contribution in [2.75, 3.05) is 13.2 Å². The predicted octanol–water partition coefficient (Wildman–Crippen LogP) is -4.34. The van der Waals surface area contributed by atoms with Crippen LogP contribution in [0.5, 0.6) is 0 Å². The van der Waals surface area contributed by atoms with E-state index in [4.69, 9.17) is 21.1 Å². The molecule has 16 heavy (non-hydrogen) atoms. The van der Waals surface area contributed by atoms with E-state index in [1.54, 1.807) is 0 Å². The zero-order valence-electron chi connectivity index (χ0n) is 8.52. The molecule has 0 aromatic heterocycles. The summed E-state index contributed by atoms with van der Waals surface area (Å²) in [6.07, 6.45) is -6.41. The Morgan fingerprint density at radius 1 is 1.25 bits per heavy atom. The maximum atomic E-state index is 10.9. The number of aliphatic hydroxyl groups is 6. The van der Waals surface area contributed by atoms with E-state index < -0.39 is 49.5 Å². The van der Waals surface area contributed by atoms with Gasteiger partial charge in [0.15, 0.2) is 5.60 Å². The molecule has 0 bridgehead atoms. The summed E-state index contributed by atoms with van der Waals surface area (Å²) in [7, 11) is 0. The number of amides is 1. The average Bonchev–Trinajstić information content (AvgIpc) is 2.25. The molecule has 0 radical (unpaired) electrons. The van der Waals surface area contributed by atoms with Gasteiger partial charge in [-0.05, 0) is 0 Å². The molecule has 0 spiro atoms. The number of carbonyl (C=O) groups excluding carboxylic acids is 1. The number of carbonyl (C=O) groups is 1. The van der Waals surface area contributed by atoms with Gasteiger partial charge in [-0.2, -0.15) is 0 Å². The lowest BCUT2D eigenvalue weighted by atomic mass is 9.87. The highest BCUT2D eigenvalue weighted by molar-refractivity contribution is 5.84. The molecule has 1 amide bonds. The van der Waals surface area contributed by atoms with Gasteiger partial charge in [-0.25, -0.2) is 0 Å². The van der Waals surface area contributed by atoms with Crippen LogP contribution in [0, 0.1) is 0 Å². The van der Waals surface area contributed by atoms with Gasteiger partial charge in [0.05, 0.1) is 6.61 Å². The van der Waals surface area contributed by atoms with E-state index in [0.29, 0.717) is 0 Å². The van der Waals surface area contributed by atoms with Gasteiger partial charge in [0.25, 0.3) is 5.91 Å². The molecule has 8 heteroatoms. The molecule has 0 saturated carbocycles. The van der Waals surface area contributed by atoms with Crippen LogP contribution in [0.1, 0.15) is 6.42 Å². The summed E-state index contributed by atoms with van der Waals surface area (Å²) >= 11 is 0. The summed E-state index contributed by atoms with van der Waals surface area (Å²) in [6, 6.07) is 0. The van der Waals surface area contributed by atoms with E-state index in [2.05, 4.69) is 0 Å². The fourth-order valence-corrected chi connectivity index (χ4v) is 1.19. The molecule has 0 aromatic rings. The molecule has 8 N–H and O–H groups in total. The number of hydrogen-bond donors (Lipinski definition) is 7. The first-order valence-corrected chi connectivity index (χ1v) is 4.59. The molecule has 0 rings (SSSR count). The topological polar surface area (TPSA) is 164 Å². The fraction of sp³-hybridized carbons (Fsp3) is 0.875. The van der Waals surface area contributed by atoms with Crippen molar-refractivity contribution < 1.29 is 35.4 Å². The van der Waals surface area contributed by atoms with Crippen LogP contribution >= 0.6 is 0 Å². The van der Waals surface area contributed by atoms with E-state index in [9.17, 15) is 20.1 Å². The van der Waals surface area contributed by atoms with E-state index >= 15 is 0 Å². The minimum absolute atomic E-state index is 0.599. The highest BCUT2D eigenvalue weighted by Crippen LogP contribution is 2.19. The first kappa shape index (κ1) is 15.2. The lowest BCUT2D eigenvalue weighted by molar-refractivity contribution is -0.177. The molecule has 0 fully saturated rings. The number of aliphatic hydroxyl groups excluding tert-OH is 5. The second-order valence-corrected chi connectivity index (χ2v) is 3.45. The zero-order valence-corrected chi connectivity index (χ0v) is 8.52. The summed E-state index contributed by atoms with van der Waals surface area (Å²) in [5.74, 6) is -1.35. The molecule has 0 aliphatic heterocycles. The number of nitrogens with two attached hydrogens (primary N) is 1. The third-order valence-corrected chi connectivity index (χ3v) is 2.31. The van der Waals surface area contributed by atoms with Crippen LogP contribution in [0.15, 0.2) is 0 Å². The average molecular weight is 239 g/mol. The van der Waals surface area contributed by atoms with E-state index in [0.717, 1.165) is 0 Å². The Morgan fingerprint density at radius 3 is 2.06 bits per heavy atom. The maximum absolute atomic E-state index is 10.9. The Kier molecular flexibility index (Phi) is 5.79. The molecular formula is C8H17NO7. The monoisotopic (exact) mass is 239 g/mol. The van der Waals surface area contributed by atoms with Gasteiger partial charge in [0, 0.05) is 13.0 Å². The van der Waals surface area contributed by atoms with Crippen molar-refractivity contribution in [3.05, 3.63) is 0 Å². The Balaban J connectivity index is 4.87. The summed E-state index contributed by atoms with van der Waals surface area (Å²) < 4.78 is 0. The lowest BCUT2D eigenvalue weighted by Crippen LogP contribution is -2.60. The van der Waals surface area contributed by atoms with Gasteiger partial charge in [0.2, 0.25) is 0 Å². The molecule has 0 unspecified atom stereocenters. The Labute approximate surface area is 91.6 Å². The highest BCUT2D eigenvalue weighted by Gasteiger charge is 2.46. The van der Waals surface area contributed by atoms with E-state index in [1.807, 2.05) is 0 Å². The van der Waals surface area contributed by atoms with Crippen molar-refractivity contribution in [3.8, 4) is 0 Å². The molecule has 0 aliphatic carbocycles. The van der Waals surface area contributed by atoms with Crippen LogP contribution in [0.3, 0.4) is 0 Å². The molecule has 0 aromatic carbocycles. The van der Waals surface area contributed by atoms with Crippen LogP contribution in [-0.2, 0) is 4.79 Å². The molecular weight excluding hydrogens is 222 g/mol. The second-order valence-electron chi connectivity index (χ2n) is 3.45. The second kappa shape index (κ2) is 6.09. The minimum atomic E-state index is -2.57. The highest BCUT2D eigenvalue weighted by atomic mass is 16.4. The van der Waals surface area contributed by atoms with Crippen molar-refractivity contribution in [1.29, 1.82) is 0 Å². The zero-order chi connectivity index (χ0) is 12.9. The number of hydrogen-bond acceptors (Lipinski definition) is 7. The quantitative estimate of drug-likeness (QED) is 0.236. The molecule has 8 nitrogen and oxygen atoms in total. The molecule has 0 heterocycles. The predicted molar refractivity (Wildman–Crippen MR) is 51.0 cm³/mol. The van der Waals surface area contributed by atoms with E-state index in [1.165, 1.54) is 0 Å². The Hall–Kier alpha value is -0.770. The Bertz CT molecular complexity index is 236. The van der Waals surface area contributed by atoms with Crippen molar-refractivity contribution in [2.24, 2.45) is 5.73 Å². The standard InChI is InChI=1S/C8H17NO7/c9-7(15)8(16,1-2-10)6(14)5(13)4(12)3-11/h4-6,10-14,16H,1-3H2,(H2,9,15)/t4-,5-,6+,8-/m1/s1. The van der Waals surface area contributed by atoms with Crippen molar-refractivity contribution in [1.82, 2.24) is 0 Å². The van der Waals surface area contributed by atoms with Crippen LogP contribution < -0.4 is 5.73 Å². The summed E-state index contributed by atoms with van der Waals surface area (Å²) in [5.41, 5.74) is 2.26. The number of rotatable bonds is 7. The third kappa shape index (κ3) is 3.11. The summed E-state index contributed by atoms with van der Waals surface area (Å²) in [6.45, 7) is -1.52. The molecule has 96 valence electrons. The lowest BCUT2D eigenvalue weighted by Gasteiger charge is -2.33. The third-order valence-electron chi connectivity index (χ3n) is 2.31. The SMILES string of the molecule is NC(=O)[C@@](O)(CCO)[C@@H](O)[C@H](O)[C@H](O)CO. The van der Waals surface area contributed by atoms with E-state index in [-0.39, 0.29) is 0 Å². The first-order valence-electron chi connectivity index (χ1n) is 4.59. The van der Waals surface area contributed by atoms with Crippen molar-refractivity contribution >= 4 is 5.91 Å². The first-order chi connectivity index (χ1) is 7.31. The smallest absolute Gasteiger partial charge is 0.252 e. The summed E-state index contributed by atoms with van der Waals surface area (Å²) in [5, 5.41) is 54.5. The van der Waals surface area contributed by atoms with Crippen molar-refractivity contribution in [2.45, 2.75) is 30.3 Å². The normalized spacial score (nSPS) is 20.9. The Morgan fingerprint density at radius 2 is 1.75 bits per heavy atom. The van der Waals surface area contributed by atoms with Gasteiger partial charge < -0.3 is 36.4 Å². The maximum Gasteiger partial charge on any atom is 0.252 e. The van der Waals surface area contributed by atoms with Gasteiger partial charge in [0.1, 0.15) is 18.3 Å². The van der Waals surface area contributed by atoms with Crippen LogP contribution in [0.25, 0.3) is 0 Å². The van der Waals surface area contributed by atoms with Crippen LogP contribution in [0.2, 0.25) is 0 Å².